The van der Waals surface area contributed by atoms with E-state index in [9.17, 15) is 23.4 Å². The molecule has 4 unspecified atom stereocenters. The third-order valence-electron chi connectivity index (χ3n) is 10.9. The zero-order valence-electron chi connectivity index (χ0n) is 21.1. The molecule has 0 spiro atoms. The van der Waals surface area contributed by atoms with Gasteiger partial charge in [0, 0.05) is 13.0 Å². The van der Waals surface area contributed by atoms with Crippen molar-refractivity contribution in [3.63, 3.8) is 0 Å². The molecule has 0 bridgehead atoms. The Balaban J connectivity index is 1.39. The third kappa shape index (κ3) is 4.94. The summed E-state index contributed by atoms with van der Waals surface area (Å²) in [6, 6.07) is 0. The predicted octanol–water partition coefficient (Wildman–Crippen LogP) is 3.40. The van der Waals surface area contributed by atoms with Crippen molar-refractivity contribution in [1.82, 2.24) is 5.32 Å². The van der Waals surface area contributed by atoms with E-state index in [-0.39, 0.29) is 35.5 Å². The summed E-state index contributed by atoms with van der Waals surface area (Å²) >= 11 is 0. The van der Waals surface area contributed by atoms with Gasteiger partial charge in [0.15, 0.2) is 0 Å². The first-order valence-corrected chi connectivity index (χ1v) is 15.0. The summed E-state index contributed by atoms with van der Waals surface area (Å²) in [5, 5.41) is 24.2. The van der Waals surface area contributed by atoms with Crippen LogP contribution in [-0.4, -0.2) is 53.6 Å². The summed E-state index contributed by atoms with van der Waals surface area (Å²) in [5.74, 6) is 2.10. The number of nitrogens with one attached hydrogen (secondary N) is 1. The van der Waals surface area contributed by atoms with Gasteiger partial charge in [-0.3, -0.25) is 9.35 Å². The molecular formula is C26H45NO6S. The van der Waals surface area contributed by atoms with Crippen molar-refractivity contribution in [2.45, 2.75) is 97.2 Å². The van der Waals surface area contributed by atoms with Crippen LogP contribution in [0.4, 0.5) is 0 Å². The highest BCUT2D eigenvalue weighted by Crippen LogP contribution is 2.68. The number of fused-ring (bicyclic) bond motifs is 5. The molecule has 0 saturated heterocycles. The summed E-state index contributed by atoms with van der Waals surface area (Å²) in [5.41, 5.74) is 0.411. The first-order valence-electron chi connectivity index (χ1n) is 13.4. The maximum atomic E-state index is 12.2. The fourth-order valence-corrected chi connectivity index (χ4v) is 9.50. The van der Waals surface area contributed by atoms with Crippen LogP contribution in [0.25, 0.3) is 0 Å². The first kappa shape index (κ1) is 26.4. The van der Waals surface area contributed by atoms with Crippen LogP contribution in [0.1, 0.15) is 85.0 Å². The molecular weight excluding hydrogens is 454 g/mol. The summed E-state index contributed by atoms with van der Waals surface area (Å²) in [6.07, 6.45) is 8.87. The number of hydrogen-bond donors (Lipinski definition) is 4. The number of aliphatic hydroxyl groups is 2. The van der Waals surface area contributed by atoms with Crippen LogP contribution in [0.5, 0.6) is 0 Å². The Hall–Kier alpha value is -0.700. The highest BCUT2D eigenvalue weighted by molar-refractivity contribution is 7.85. The van der Waals surface area contributed by atoms with Crippen molar-refractivity contribution >= 4 is 16.0 Å². The van der Waals surface area contributed by atoms with Crippen LogP contribution in [-0.2, 0) is 14.9 Å². The lowest BCUT2D eigenvalue weighted by molar-refractivity contribution is -0.174. The highest BCUT2D eigenvalue weighted by atomic mass is 32.2. The predicted molar refractivity (Wildman–Crippen MR) is 130 cm³/mol. The molecule has 8 heteroatoms. The van der Waals surface area contributed by atoms with Crippen LogP contribution in [0, 0.1) is 46.3 Å². The Morgan fingerprint density at radius 1 is 1.03 bits per heavy atom. The Morgan fingerprint density at radius 3 is 2.41 bits per heavy atom. The molecule has 4 fully saturated rings. The quantitative estimate of drug-likeness (QED) is 0.398. The second-order valence-corrected chi connectivity index (χ2v) is 14.2. The SMILES string of the molecule is CC(CCC(=O)NCCS(=O)(=O)O)C1CC[C@@H]2[C@H]3C(O)C[C@@H]4CC(O)CC[C@]4(C)[C@H]3CC[C@]12C. The number of aliphatic hydroxyl groups excluding tert-OH is 2. The van der Waals surface area contributed by atoms with Crippen LogP contribution in [0.15, 0.2) is 0 Å². The third-order valence-corrected chi connectivity index (χ3v) is 11.6. The van der Waals surface area contributed by atoms with Crippen molar-refractivity contribution in [1.29, 1.82) is 0 Å². The average Bonchev–Trinajstić information content (AvgIpc) is 3.09. The molecule has 0 aliphatic heterocycles. The van der Waals surface area contributed by atoms with Gasteiger partial charge in [-0.2, -0.15) is 8.42 Å². The van der Waals surface area contributed by atoms with E-state index in [1.807, 2.05) is 0 Å². The minimum atomic E-state index is -4.06. The second-order valence-electron chi connectivity index (χ2n) is 12.6. The van der Waals surface area contributed by atoms with E-state index in [1.54, 1.807) is 0 Å². The van der Waals surface area contributed by atoms with Crippen LogP contribution < -0.4 is 5.32 Å². The molecule has 4 aliphatic rings. The summed E-state index contributed by atoms with van der Waals surface area (Å²) in [7, 11) is -4.06. The van der Waals surface area contributed by atoms with Crippen molar-refractivity contribution in [2.75, 3.05) is 12.3 Å². The zero-order valence-corrected chi connectivity index (χ0v) is 21.9. The Kier molecular flexibility index (Phi) is 7.47. The van der Waals surface area contributed by atoms with Crippen LogP contribution in [0.3, 0.4) is 0 Å². The summed E-state index contributed by atoms with van der Waals surface area (Å²) < 4.78 is 30.5. The Morgan fingerprint density at radius 2 is 1.71 bits per heavy atom. The normalized spacial score (nSPS) is 45.1. The van der Waals surface area contributed by atoms with Gasteiger partial charge in [-0.1, -0.05) is 20.8 Å². The van der Waals surface area contributed by atoms with Gasteiger partial charge < -0.3 is 15.5 Å². The number of hydrogen-bond acceptors (Lipinski definition) is 5. The lowest BCUT2D eigenvalue weighted by atomic mass is 9.43. The van der Waals surface area contributed by atoms with Gasteiger partial charge in [0.05, 0.1) is 18.0 Å². The Bertz CT molecular complexity index is 863. The number of amides is 1. The van der Waals surface area contributed by atoms with Gasteiger partial charge in [-0.15, -0.1) is 0 Å². The van der Waals surface area contributed by atoms with E-state index in [0.29, 0.717) is 41.9 Å². The molecule has 7 nitrogen and oxygen atoms in total. The molecule has 4 N–H and O–H groups in total. The van der Waals surface area contributed by atoms with Crippen molar-refractivity contribution in [3.05, 3.63) is 0 Å². The maximum absolute atomic E-state index is 12.2. The monoisotopic (exact) mass is 499 g/mol. The van der Waals surface area contributed by atoms with E-state index >= 15 is 0 Å². The molecule has 0 radical (unpaired) electrons. The van der Waals surface area contributed by atoms with Crippen molar-refractivity contribution in [3.8, 4) is 0 Å². The fraction of sp³-hybridized carbons (Fsp3) is 0.962. The summed E-state index contributed by atoms with van der Waals surface area (Å²) in [4.78, 5) is 12.2. The molecule has 0 heterocycles. The molecule has 34 heavy (non-hydrogen) atoms. The fourth-order valence-electron chi connectivity index (χ4n) is 9.14. The van der Waals surface area contributed by atoms with E-state index in [1.165, 1.54) is 6.42 Å². The standard InChI is InChI=1S/C26H45NO6S/c1-16(4-7-23(30)27-12-13-34(31,32)33)19-5-6-20-24-21(9-11-26(19,20)3)25(2)10-8-18(28)14-17(25)15-22(24)29/h16-22,24,28-29H,4-15H2,1-3H3,(H,27,30)(H,31,32,33)/t16?,17-,18?,19?,20+,21-,22?,24+,25-,26+/m0/s1. The molecule has 1 amide bonds. The van der Waals surface area contributed by atoms with Crippen LogP contribution in [0.2, 0.25) is 0 Å². The summed E-state index contributed by atoms with van der Waals surface area (Å²) in [6.45, 7) is 7.05. The number of carbonyl (C=O) groups excluding carboxylic acids is 1. The van der Waals surface area contributed by atoms with Gasteiger partial charge in [-0.05, 0) is 104 Å². The van der Waals surface area contributed by atoms with E-state index in [4.69, 9.17) is 4.55 Å². The molecule has 4 rings (SSSR count). The molecule has 4 saturated carbocycles. The van der Waals surface area contributed by atoms with Gasteiger partial charge in [-0.25, -0.2) is 0 Å². The van der Waals surface area contributed by atoms with Gasteiger partial charge in [0.2, 0.25) is 5.91 Å². The van der Waals surface area contributed by atoms with Crippen molar-refractivity contribution in [2.24, 2.45) is 46.3 Å². The molecule has 10 atom stereocenters. The minimum absolute atomic E-state index is 0.0625. The topological polar surface area (TPSA) is 124 Å². The average molecular weight is 500 g/mol. The number of rotatable bonds is 7. The highest BCUT2D eigenvalue weighted by Gasteiger charge is 2.62. The molecule has 0 aromatic rings. The largest absolute Gasteiger partial charge is 0.393 e. The molecule has 0 aromatic carbocycles. The van der Waals surface area contributed by atoms with Crippen molar-refractivity contribution < 1.29 is 28.0 Å². The molecule has 196 valence electrons. The maximum Gasteiger partial charge on any atom is 0.266 e. The van der Waals surface area contributed by atoms with Gasteiger partial charge in [0.1, 0.15) is 0 Å². The van der Waals surface area contributed by atoms with E-state index in [0.717, 1.165) is 51.4 Å². The minimum Gasteiger partial charge on any atom is -0.393 e. The number of carbonyl (C=O) groups is 1. The smallest absolute Gasteiger partial charge is 0.266 e. The van der Waals surface area contributed by atoms with E-state index in [2.05, 4.69) is 26.1 Å². The second kappa shape index (κ2) is 9.64. The van der Waals surface area contributed by atoms with Crippen LogP contribution >= 0.6 is 0 Å². The lowest BCUT2D eigenvalue weighted by Gasteiger charge is -2.62. The van der Waals surface area contributed by atoms with E-state index < -0.39 is 15.9 Å². The van der Waals surface area contributed by atoms with Gasteiger partial charge in [0.25, 0.3) is 10.1 Å². The Labute approximate surface area is 205 Å². The zero-order chi connectivity index (χ0) is 24.9. The molecule has 4 aliphatic carbocycles. The van der Waals surface area contributed by atoms with Gasteiger partial charge >= 0.3 is 0 Å². The molecule has 0 aromatic heterocycles. The first-order chi connectivity index (χ1) is 15.8. The lowest BCUT2D eigenvalue weighted by Crippen LogP contribution is -2.58.